The summed E-state index contributed by atoms with van der Waals surface area (Å²) in [5.74, 6) is 2.71. The summed E-state index contributed by atoms with van der Waals surface area (Å²) in [6.45, 7) is 8.19. The molecule has 0 aliphatic rings. The van der Waals surface area contributed by atoms with Crippen LogP contribution in [0.15, 0.2) is 54.9 Å². The summed E-state index contributed by atoms with van der Waals surface area (Å²) in [4.78, 5) is 4.70. The number of allylic oxidation sites excluding steroid dienone is 1. The minimum atomic E-state index is 0.0549. The summed E-state index contributed by atoms with van der Waals surface area (Å²) in [5, 5.41) is 16.7. The van der Waals surface area contributed by atoms with E-state index in [1.54, 1.807) is 4.68 Å². The molecule has 1 N–H and O–H groups in total. The molecule has 4 heteroatoms. The second kappa shape index (κ2) is 7.44. The van der Waals surface area contributed by atoms with Crippen LogP contribution in [0.5, 0.6) is 0 Å². The van der Waals surface area contributed by atoms with Crippen molar-refractivity contribution in [3.8, 4) is 23.6 Å². The third kappa shape index (κ3) is 3.25. The molecule has 0 unspecified atom stereocenters. The fraction of sp³-hybridized carbons (Fsp3) is 0.200. The van der Waals surface area contributed by atoms with Crippen molar-refractivity contribution in [2.24, 2.45) is 0 Å². The van der Waals surface area contributed by atoms with Gasteiger partial charge in [0.05, 0.1) is 23.8 Å². The molecule has 2 heterocycles. The van der Waals surface area contributed by atoms with Crippen molar-refractivity contribution in [3.05, 3.63) is 71.6 Å². The molecule has 0 spiro atoms. The number of nitrogens with zero attached hydrogens (tertiary/aromatic N) is 3. The molecular weight excluding hydrogens is 358 g/mol. The monoisotopic (exact) mass is 381 g/mol. The SMILES string of the molecule is C#Cc1ccc(-c2nn(CC(=C)O)c3cnc4cc(CC)c(CC)cc4c23)cc1. The van der Waals surface area contributed by atoms with Crippen molar-refractivity contribution >= 4 is 21.8 Å². The van der Waals surface area contributed by atoms with Crippen LogP contribution < -0.4 is 0 Å². The Kier molecular flexibility index (Phi) is 4.82. The Bertz CT molecular complexity index is 1270. The smallest absolute Gasteiger partial charge is 0.107 e. The Morgan fingerprint density at radius 2 is 1.83 bits per heavy atom. The van der Waals surface area contributed by atoms with E-state index in [0.717, 1.165) is 51.5 Å². The van der Waals surface area contributed by atoms with Gasteiger partial charge in [-0.15, -0.1) is 6.42 Å². The highest BCUT2D eigenvalue weighted by atomic mass is 16.3. The molecule has 4 rings (SSSR count). The van der Waals surface area contributed by atoms with E-state index in [9.17, 15) is 5.11 Å². The molecule has 0 amide bonds. The minimum absolute atomic E-state index is 0.0549. The van der Waals surface area contributed by atoms with E-state index in [0.29, 0.717) is 0 Å². The lowest BCUT2D eigenvalue weighted by Crippen LogP contribution is -2.02. The minimum Gasteiger partial charge on any atom is -0.511 e. The van der Waals surface area contributed by atoms with Crippen LogP contribution in [0.4, 0.5) is 0 Å². The lowest BCUT2D eigenvalue weighted by molar-refractivity contribution is 0.373. The first-order valence-corrected chi connectivity index (χ1v) is 9.80. The number of terminal acetylenes is 1. The Labute approximate surface area is 170 Å². The highest BCUT2D eigenvalue weighted by molar-refractivity contribution is 6.11. The summed E-state index contributed by atoms with van der Waals surface area (Å²) < 4.78 is 1.76. The van der Waals surface area contributed by atoms with Crippen LogP contribution in [0.25, 0.3) is 33.1 Å². The molecule has 4 nitrogen and oxygen atoms in total. The molecule has 4 aromatic rings. The van der Waals surface area contributed by atoms with E-state index in [1.807, 2.05) is 30.5 Å². The number of hydrogen-bond acceptors (Lipinski definition) is 3. The Balaban J connectivity index is 2.08. The quantitative estimate of drug-likeness (QED) is 0.370. The third-order valence-electron chi connectivity index (χ3n) is 5.32. The number of benzene rings is 2. The molecule has 0 saturated heterocycles. The predicted octanol–water partition coefficient (Wildman–Crippen LogP) is 5.43. The van der Waals surface area contributed by atoms with E-state index in [1.165, 1.54) is 11.1 Å². The molecular formula is C25H23N3O. The van der Waals surface area contributed by atoms with Crippen LogP contribution in [-0.2, 0) is 19.4 Å². The standard InChI is InChI=1S/C25H23N3O/c1-5-17-8-10-20(11-9-17)25-24-21-12-18(6-2)19(7-3)13-22(21)26-14-23(24)28(27-25)15-16(4)29/h1,8-14,29H,4,6-7,15H2,2-3H3. The average Bonchev–Trinajstić information content (AvgIpc) is 3.10. The molecule has 0 aliphatic heterocycles. The topological polar surface area (TPSA) is 50.9 Å². The summed E-state index contributed by atoms with van der Waals surface area (Å²) in [6.07, 6.45) is 9.27. The average molecular weight is 381 g/mol. The second-order valence-electron chi connectivity index (χ2n) is 7.16. The van der Waals surface area contributed by atoms with Crippen molar-refractivity contribution in [1.82, 2.24) is 14.8 Å². The molecule has 2 aromatic heterocycles. The van der Waals surface area contributed by atoms with Crippen molar-refractivity contribution in [2.45, 2.75) is 33.2 Å². The van der Waals surface area contributed by atoms with Crippen molar-refractivity contribution in [1.29, 1.82) is 0 Å². The maximum atomic E-state index is 9.78. The van der Waals surface area contributed by atoms with Gasteiger partial charge in [-0.2, -0.15) is 5.10 Å². The summed E-state index contributed by atoms with van der Waals surface area (Å²) >= 11 is 0. The van der Waals surface area contributed by atoms with Gasteiger partial charge in [0, 0.05) is 21.9 Å². The zero-order valence-corrected chi connectivity index (χ0v) is 16.7. The van der Waals surface area contributed by atoms with Gasteiger partial charge in [0.1, 0.15) is 11.5 Å². The Hall–Kier alpha value is -3.58. The molecule has 2 aromatic carbocycles. The first kappa shape index (κ1) is 18.8. The second-order valence-corrected chi connectivity index (χ2v) is 7.16. The number of hydrogen-bond donors (Lipinski definition) is 1. The zero-order chi connectivity index (χ0) is 20.5. The number of aliphatic hydroxyl groups is 1. The predicted molar refractivity (Wildman–Crippen MR) is 119 cm³/mol. The first-order chi connectivity index (χ1) is 14.0. The molecule has 0 fully saturated rings. The van der Waals surface area contributed by atoms with Crippen molar-refractivity contribution in [2.75, 3.05) is 0 Å². The normalized spacial score (nSPS) is 11.1. The van der Waals surface area contributed by atoms with Gasteiger partial charge in [0.15, 0.2) is 0 Å². The van der Waals surface area contributed by atoms with E-state index >= 15 is 0 Å². The van der Waals surface area contributed by atoms with Gasteiger partial charge in [0.2, 0.25) is 0 Å². The lowest BCUT2D eigenvalue weighted by Gasteiger charge is -2.10. The van der Waals surface area contributed by atoms with E-state index in [4.69, 9.17) is 16.5 Å². The Morgan fingerprint density at radius 3 is 2.45 bits per heavy atom. The first-order valence-electron chi connectivity index (χ1n) is 9.80. The molecule has 144 valence electrons. The molecule has 0 aliphatic carbocycles. The van der Waals surface area contributed by atoms with E-state index in [-0.39, 0.29) is 12.3 Å². The molecule has 0 saturated carbocycles. The van der Waals surface area contributed by atoms with E-state index < -0.39 is 0 Å². The summed E-state index contributed by atoms with van der Waals surface area (Å²) in [7, 11) is 0. The number of fused-ring (bicyclic) bond motifs is 3. The van der Waals surface area contributed by atoms with Crippen LogP contribution in [-0.4, -0.2) is 19.9 Å². The summed E-state index contributed by atoms with van der Waals surface area (Å²) in [5.41, 5.74) is 7.12. The summed E-state index contributed by atoms with van der Waals surface area (Å²) in [6, 6.07) is 12.2. The molecule has 29 heavy (non-hydrogen) atoms. The van der Waals surface area contributed by atoms with Gasteiger partial charge < -0.3 is 5.11 Å². The molecule has 0 bridgehead atoms. The van der Waals surface area contributed by atoms with Gasteiger partial charge >= 0.3 is 0 Å². The van der Waals surface area contributed by atoms with Crippen LogP contribution in [0, 0.1) is 12.3 Å². The fourth-order valence-electron chi connectivity index (χ4n) is 3.86. The lowest BCUT2D eigenvalue weighted by atomic mass is 9.97. The highest BCUT2D eigenvalue weighted by Crippen LogP contribution is 2.35. The number of pyridine rings is 1. The van der Waals surface area contributed by atoms with Gasteiger partial charge in [-0.05, 0) is 48.2 Å². The number of aliphatic hydroxyl groups excluding tert-OH is 1. The number of rotatable bonds is 5. The van der Waals surface area contributed by atoms with Gasteiger partial charge in [-0.25, -0.2) is 0 Å². The van der Waals surface area contributed by atoms with Crippen molar-refractivity contribution < 1.29 is 5.11 Å². The van der Waals surface area contributed by atoms with Gasteiger partial charge in [0.25, 0.3) is 0 Å². The largest absolute Gasteiger partial charge is 0.511 e. The van der Waals surface area contributed by atoms with Crippen molar-refractivity contribution in [3.63, 3.8) is 0 Å². The number of aryl methyl sites for hydroxylation is 2. The highest BCUT2D eigenvalue weighted by Gasteiger charge is 2.17. The van der Waals surface area contributed by atoms with Crippen LogP contribution >= 0.6 is 0 Å². The third-order valence-corrected chi connectivity index (χ3v) is 5.32. The van der Waals surface area contributed by atoms with Crippen LogP contribution in [0.3, 0.4) is 0 Å². The van der Waals surface area contributed by atoms with E-state index in [2.05, 4.69) is 38.5 Å². The zero-order valence-electron chi connectivity index (χ0n) is 16.7. The molecule has 0 atom stereocenters. The van der Waals surface area contributed by atoms with Crippen LogP contribution in [0.2, 0.25) is 0 Å². The van der Waals surface area contributed by atoms with Crippen LogP contribution in [0.1, 0.15) is 30.5 Å². The Morgan fingerprint density at radius 1 is 1.14 bits per heavy atom. The van der Waals surface area contributed by atoms with Gasteiger partial charge in [-0.1, -0.05) is 38.5 Å². The fourth-order valence-corrected chi connectivity index (χ4v) is 3.86. The number of aromatic nitrogens is 3. The molecule has 0 radical (unpaired) electrons. The maximum absolute atomic E-state index is 9.78. The van der Waals surface area contributed by atoms with Gasteiger partial charge in [-0.3, -0.25) is 9.67 Å². The maximum Gasteiger partial charge on any atom is 0.107 e.